The lowest BCUT2D eigenvalue weighted by Gasteiger charge is -2.32. The van der Waals surface area contributed by atoms with Crippen LogP contribution in [0.1, 0.15) is 64.7 Å². The number of carbonyl (C=O) groups is 1. The predicted octanol–water partition coefficient (Wildman–Crippen LogP) is 3.48. The van der Waals surface area contributed by atoms with Crippen molar-refractivity contribution in [3.63, 3.8) is 0 Å². The second kappa shape index (κ2) is 5.81. The molecule has 2 saturated carbocycles. The van der Waals surface area contributed by atoms with Gasteiger partial charge in [-0.05, 0) is 45.4 Å². The molecule has 0 atom stereocenters. The Balaban J connectivity index is 1.70. The first-order chi connectivity index (χ1) is 7.75. The van der Waals surface area contributed by atoms with Crippen molar-refractivity contribution in [1.82, 2.24) is 0 Å². The average molecular weight is 224 g/mol. The Morgan fingerprint density at radius 2 is 1.44 bits per heavy atom. The highest BCUT2D eigenvalue weighted by Gasteiger charge is 2.26. The minimum atomic E-state index is 0.325. The molecule has 2 nitrogen and oxygen atoms in total. The third kappa shape index (κ3) is 3.31. The summed E-state index contributed by atoms with van der Waals surface area (Å²) in [6.45, 7) is 1.73. The topological polar surface area (TPSA) is 26.3 Å². The Hall–Kier alpha value is -0.370. The molecule has 0 aromatic rings. The fourth-order valence-corrected chi connectivity index (χ4v) is 3.08. The van der Waals surface area contributed by atoms with Crippen LogP contribution in [0.25, 0.3) is 0 Å². The Morgan fingerprint density at radius 3 is 2.00 bits per heavy atom. The predicted molar refractivity (Wildman–Crippen MR) is 64.4 cm³/mol. The van der Waals surface area contributed by atoms with Gasteiger partial charge in [0, 0.05) is 5.92 Å². The fourth-order valence-electron chi connectivity index (χ4n) is 3.08. The summed E-state index contributed by atoms with van der Waals surface area (Å²) in [7, 11) is 0. The van der Waals surface area contributed by atoms with Crippen LogP contribution in [0.2, 0.25) is 0 Å². The van der Waals surface area contributed by atoms with Crippen molar-refractivity contribution in [2.75, 3.05) is 0 Å². The van der Waals surface area contributed by atoms with E-state index in [9.17, 15) is 4.79 Å². The molecule has 16 heavy (non-hydrogen) atoms. The summed E-state index contributed by atoms with van der Waals surface area (Å²) in [4.78, 5) is 11.3. The van der Waals surface area contributed by atoms with Crippen LogP contribution >= 0.6 is 0 Å². The van der Waals surface area contributed by atoms with E-state index in [4.69, 9.17) is 4.74 Å². The number of rotatable bonds is 3. The zero-order valence-corrected chi connectivity index (χ0v) is 10.4. The Kier molecular flexibility index (Phi) is 4.39. The molecule has 0 bridgehead atoms. The summed E-state index contributed by atoms with van der Waals surface area (Å²) in [6, 6.07) is 0. The molecule has 0 unspecified atom stereocenters. The molecule has 0 saturated heterocycles. The quantitative estimate of drug-likeness (QED) is 0.733. The molecule has 0 heterocycles. The molecule has 0 amide bonds. The molecular weight excluding hydrogens is 200 g/mol. The summed E-state index contributed by atoms with van der Waals surface area (Å²) in [5, 5.41) is 0. The molecule has 2 heteroatoms. The number of hydrogen-bond acceptors (Lipinski definition) is 2. The number of ether oxygens (including phenoxy) is 1. The highest BCUT2D eigenvalue weighted by molar-refractivity contribution is 5.78. The van der Waals surface area contributed by atoms with Crippen LogP contribution in [0, 0.1) is 5.92 Å². The van der Waals surface area contributed by atoms with Crippen LogP contribution in [-0.4, -0.2) is 18.0 Å². The number of ketones is 1. The van der Waals surface area contributed by atoms with Gasteiger partial charge in [-0.2, -0.15) is 0 Å². The largest absolute Gasteiger partial charge is 0.375 e. The van der Waals surface area contributed by atoms with Crippen molar-refractivity contribution in [1.29, 1.82) is 0 Å². The Labute approximate surface area is 98.7 Å². The van der Waals surface area contributed by atoms with E-state index in [-0.39, 0.29) is 0 Å². The molecule has 2 aliphatic carbocycles. The molecular formula is C14H24O2. The van der Waals surface area contributed by atoms with Crippen molar-refractivity contribution >= 4 is 5.78 Å². The van der Waals surface area contributed by atoms with E-state index in [1.807, 2.05) is 0 Å². The van der Waals surface area contributed by atoms with Crippen molar-refractivity contribution < 1.29 is 9.53 Å². The SMILES string of the molecule is CC(=O)C1CCC(OC2CCCCC2)CC1. The Morgan fingerprint density at radius 1 is 0.875 bits per heavy atom. The first-order valence-corrected chi connectivity index (χ1v) is 6.91. The van der Waals surface area contributed by atoms with Crippen LogP contribution in [0.3, 0.4) is 0 Å². The van der Waals surface area contributed by atoms with Gasteiger partial charge in [0.2, 0.25) is 0 Å². The molecule has 2 aliphatic rings. The second-order valence-electron chi connectivity index (χ2n) is 5.48. The van der Waals surface area contributed by atoms with E-state index in [1.165, 1.54) is 32.1 Å². The number of carbonyl (C=O) groups excluding carboxylic acids is 1. The van der Waals surface area contributed by atoms with E-state index >= 15 is 0 Å². The van der Waals surface area contributed by atoms with E-state index in [1.54, 1.807) is 6.92 Å². The lowest BCUT2D eigenvalue weighted by atomic mass is 9.85. The first-order valence-electron chi connectivity index (χ1n) is 6.91. The highest BCUT2D eigenvalue weighted by atomic mass is 16.5. The van der Waals surface area contributed by atoms with Gasteiger partial charge in [0.25, 0.3) is 0 Å². The van der Waals surface area contributed by atoms with Gasteiger partial charge < -0.3 is 4.74 Å². The van der Waals surface area contributed by atoms with Gasteiger partial charge in [0.15, 0.2) is 0 Å². The molecule has 0 N–H and O–H groups in total. The maximum atomic E-state index is 11.3. The fraction of sp³-hybridized carbons (Fsp3) is 0.929. The molecule has 0 aromatic carbocycles. The summed E-state index contributed by atoms with van der Waals surface area (Å²) in [5.41, 5.74) is 0. The van der Waals surface area contributed by atoms with Gasteiger partial charge in [-0.15, -0.1) is 0 Å². The maximum absolute atomic E-state index is 11.3. The highest BCUT2D eigenvalue weighted by Crippen LogP contribution is 2.30. The van der Waals surface area contributed by atoms with Crippen molar-refractivity contribution in [2.45, 2.75) is 76.9 Å². The van der Waals surface area contributed by atoms with E-state index in [0.717, 1.165) is 25.7 Å². The van der Waals surface area contributed by atoms with Crippen LogP contribution in [-0.2, 0) is 9.53 Å². The average Bonchev–Trinajstić information content (AvgIpc) is 2.31. The van der Waals surface area contributed by atoms with E-state index in [2.05, 4.69) is 0 Å². The molecule has 0 spiro atoms. The lowest BCUT2D eigenvalue weighted by molar-refractivity contribution is -0.123. The lowest BCUT2D eigenvalue weighted by Crippen LogP contribution is -2.29. The monoisotopic (exact) mass is 224 g/mol. The van der Waals surface area contributed by atoms with Crippen LogP contribution in [0.5, 0.6) is 0 Å². The molecule has 0 radical (unpaired) electrons. The van der Waals surface area contributed by atoms with Crippen molar-refractivity contribution in [3.8, 4) is 0 Å². The van der Waals surface area contributed by atoms with Crippen LogP contribution < -0.4 is 0 Å². The summed E-state index contributed by atoms with van der Waals surface area (Å²) >= 11 is 0. The van der Waals surface area contributed by atoms with Crippen LogP contribution in [0.4, 0.5) is 0 Å². The molecule has 0 aromatic heterocycles. The molecule has 92 valence electrons. The maximum Gasteiger partial charge on any atom is 0.132 e. The van der Waals surface area contributed by atoms with Crippen LogP contribution in [0.15, 0.2) is 0 Å². The van der Waals surface area contributed by atoms with Gasteiger partial charge >= 0.3 is 0 Å². The van der Waals surface area contributed by atoms with Gasteiger partial charge in [-0.1, -0.05) is 19.3 Å². The zero-order valence-electron chi connectivity index (χ0n) is 10.4. The van der Waals surface area contributed by atoms with Crippen molar-refractivity contribution in [2.24, 2.45) is 5.92 Å². The van der Waals surface area contributed by atoms with Gasteiger partial charge in [0.05, 0.1) is 12.2 Å². The number of hydrogen-bond donors (Lipinski definition) is 0. The summed E-state index contributed by atoms with van der Waals surface area (Å²) in [5.74, 6) is 0.697. The van der Waals surface area contributed by atoms with E-state index in [0.29, 0.717) is 23.9 Å². The third-order valence-electron chi connectivity index (χ3n) is 4.19. The number of Topliss-reactive ketones (excluding diaryl/α,β-unsaturated/α-hetero) is 1. The molecule has 2 fully saturated rings. The van der Waals surface area contributed by atoms with Gasteiger partial charge in [-0.3, -0.25) is 4.79 Å². The van der Waals surface area contributed by atoms with E-state index < -0.39 is 0 Å². The normalized spacial score (nSPS) is 32.6. The van der Waals surface area contributed by atoms with Gasteiger partial charge in [0.1, 0.15) is 5.78 Å². The second-order valence-corrected chi connectivity index (χ2v) is 5.48. The Bertz CT molecular complexity index is 223. The summed E-state index contributed by atoms with van der Waals surface area (Å²) < 4.78 is 6.15. The smallest absolute Gasteiger partial charge is 0.132 e. The third-order valence-corrected chi connectivity index (χ3v) is 4.19. The van der Waals surface area contributed by atoms with Gasteiger partial charge in [-0.25, -0.2) is 0 Å². The minimum absolute atomic E-state index is 0.325. The molecule has 0 aliphatic heterocycles. The first kappa shape index (κ1) is 12.1. The summed E-state index contributed by atoms with van der Waals surface area (Å²) in [6.07, 6.45) is 11.8. The minimum Gasteiger partial charge on any atom is -0.375 e. The molecule has 2 rings (SSSR count). The standard InChI is InChI=1S/C14H24O2/c1-11(15)12-7-9-14(10-8-12)16-13-5-3-2-4-6-13/h12-14H,2-10H2,1H3. The zero-order chi connectivity index (χ0) is 11.4. The van der Waals surface area contributed by atoms with Crippen molar-refractivity contribution in [3.05, 3.63) is 0 Å².